The zero-order chi connectivity index (χ0) is 20.1. The van der Waals surface area contributed by atoms with E-state index in [1.807, 2.05) is 43.4 Å². The zero-order valence-electron chi connectivity index (χ0n) is 15.3. The van der Waals surface area contributed by atoms with Crippen LogP contribution in [0.5, 0.6) is 0 Å². The van der Waals surface area contributed by atoms with Gasteiger partial charge in [0.15, 0.2) is 0 Å². The SMILES string of the molecule is C[Si](C)(Cc1ccccc1)CC(N[C@H](c1ccccc1)C(F)(F)F)C(=O)O. The molecule has 0 fully saturated rings. The van der Waals surface area contributed by atoms with E-state index in [1.165, 1.54) is 24.3 Å². The molecule has 0 saturated carbocycles. The highest BCUT2D eigenvalue weighted by Gasteiger charge is 2.43. The van der Waals surface area contributed by atoms with Crippen LogP contribution in [0, 0.1) is 0 Å². The molecule has 0 aliphatic heterocycles. The lowest BCUT2D eigenvalue weighted by Gasteiger charge is -2.30. The highest BCUT2D eigenvalue weighted by molar-refractivity contribution is 6.77. The number of rotatable bonds is 8. The summed E-state index contributed by atoms with van der Waals surface area (Å²) in [6.45, 7) is 4.01. The summed E-state index contributed by atoms with van der Waals surface area (Å²) in [5.74, 6) is -1.26. The number of benzene rings is 2. The van der Waals surface area contributed by atoms with Crippen molar-refractivity contribution in [2.75, 3.05) is 0 Å². The van der Waals surface area contributed by atoms with E-state index in [0.717, 1.165) is 5.56 Å². The molecule has 2 aromatic rings. The van der Waals surface area contributed by atoms with Crippen molar-refractivity contribution in [1.82, 2.24) is 5.32 Å². The second-order valence-corrected chi connectivity index (χ2v) is 12.6. The average Bonchev–Trinajstić information content (AvgIpc) is 2.58. The number of carbonyl (C=O) groups is 1. The second-order valence-electron chi connectivity index (χ2n) is 7.47. The molecule has 27 heavy (non-hydrogen) atoms. The fraction of sp³-hybridized carbons (Fsp3) is 0.350. The van der Waals surface area contributed by atoms with Crippen LogP contribution in [0.1, 0.15) is 17.2 Å². The maximum atomic E-state index is 13.6. The summed E-state index contributed by atoms with van der Waals surface area (Å²) in [6.07, 6.45) is -4.58. The van der Waals surface area contributed by atoms with E-state index in [4.69, 9.17) is 0 Å². The molecule has 2 N–H and O–H groups in total. The Morgan fingerprint density at radius 3 is 2.04 bits per heavy atom. The number of carboxylic acid groups (broad SMARTS) is 1. The molecule has 0 bridgehead atoms. The van der Waals surface area contributed by atoms with Crippen molar-refractivity contribution in [3.63, 3.8) is 0 Å². The number of alkyl halides is 3. The number of carboxylic acids is 1. The van der Waals surface area contributed by atoms with Crippen molar-refractivity contribution < 1.29 is 23.1 Å². The van der Waals surface area contributed by atoms with Crippen molar-refractivity contribution in [3.8, 4) is 0 Å². The van der Waals surface area contributed by atoms with Crippen LogP contribution in [0.15, 0.2) is 60.7 Å². The van der Waals surface area contributed by atoms with Gasteiger partial charge < -0.3 is 5.11 Å². The Morgan fingerprint density at radius 2 is 1.56 bits per heavy atom. The first kappa shape index (κ1) is 21.2. The van der Waals surface area contributed by atoms with Crippen LogP contribution in [0.3, 0.4) is 0 Å². The van der Waals surface area contributed by atoms with Crippen LogP contribution in [0.25, 0.3) is 0 Å². The standard InChI is InChI=1S/C20H24F3NO2Si/c1-27(2,13-15-9-5-3-6-10-15)14-17(19(25)26)24-18(20(21,22)23)16-11-7-4-8-12-16/h3-12,17-18,24H,13-14H2,1-2H3,(H,25,26)/t17?,18-/m1/s1. The molecule has 0 heterocycles. The van der Waals surface area contributed by atoms with Crippen molar-refractivity contribution >= 4 is 14.0 Å². The average molecular weight is 395 g/mol. The molecule has 7 heteroatoms. The summed E-state index contributed by atoms with van der Waals surface area (Å²) in [6, 6.07) is 14.6. The molecule has 0 amide bonds. The number of nitrogens with one attached hydrogen (secondary N) is 1. The van der Waals surface area contributed by atoms with Crippen molar-refractivity contribution in [1.29, 1.82) is 0 Å². The van der Waals surface area contributed by atoms with E-state index in [2.05, 4.69) is 5.32 Å². The molecular weight excluding hydrogens is 371 g/mol. The van der Waals surface area contributed by atoms with Gasteiger partial charge in [-0.3, -0.25) is 10.1 Å². The normalized spacial score (nSPS) is 14.6. The fourth-order valence-electron chi connectivity index (χ4n) is 3.22. The lowest BCUT2D eigenvalue weighted by molar-refractivity contribution is -0.162. The Balaban J connectivity index is 2.19. The molecule has 0 aliphatic rings. The molecule has 2 atom stereocenters. The van der Waals surface area contributed by atoms with Gasteiger partial charge in [0, 0.05) is 0 Å². The summed E-state index contributed by atoms with van der Waals surface area (Å²) < 4.78 is 40.7. The highest BCUT2D eigenvalue weighted by atomic mass is 28.3. The van der Waals surface area contributed by atoms with Crippen LogP contribution in [0.2, 0.25) is 19.1 Å². The van der Waals surface area contributed by atoms with Crippen molar-refractivity contribution in [3.05, 3.63) is 71.8 Å². The summed E-state index contributed by atoms with van der Waals surface area (Å²) >= 11 is 0. The number of hydrogen-bond acceptors (Lipinski definition) is 2. The summed E-state index contributed by atoms with van der Waals surface area (Å²) in [4.78, 5) is 11.7. The minimum Gasteiger partial charge on any atom is -0.480 e. The van der Waals surface area contributed by atoms with Gasteiger partial charge in [-0.1, -0.05) is 79.3 Å². The summed E-state index contributed by atoms with van der Waals surface area (Å²) in [7, 11) is -2.11. The molecule has 0 aromatic heterocycles. The largest absolute Gasteiger partial charge is 0.480 e. The van der Waals surface area contributed by atoms with E-state index < -0.39 is 32.3 Å². The van der Waals surface area contributed by atoms with Gasteiger partial charge in [0.2, 0.25) is 0 Å². The molecular formula is C20H24F3NO2Si. The molecule has 2 rings (SSSR count). The number of aliphatic carboxylic acids is 1. The predicted octanol–water partition coefficient (Wildman–Crippen LogP) is 4.82. The van der Waals surface area contributed by atoms with Gasteiger partial charge >= 0.3 is 12.1 Å². The van der Waals surface area contributed by atoms with Gasteiger partial charge in [-0.2, -0.15) is 13.2 Å². The predicted molar refractivity (Wildman–Crippen MR) is 102 cm³/mol. The monoisotopic (exact) mass is 395 g/mol. The summed E-state index contributed by atoms with van der Waals surface area (Å²) in [5, 5.41) is 11.9. The van der Waals surface area contributed by atoms with Crippen LogP contribution in [-0.4, -0.2) is 31.4 Å². The van der Waals surface area contributed by atoms with Crippen LogP contribution < -0.4 is 5.32 Å². The third kappa shape index (κ3) is 6.52. The van der Waals surface area contributed by atoms with Crippen LogP contribution in [0.4, 0.5) is 13.2 Å². The van der Waals surface area contributed by atoms with Gasteiger partial charge in [0.25, 0.3) is 0 Å². The van der Waals surface area contributed by atoms with Gasteiger partial charge in [-0.25, -0.2) is 0 Å². The first-order valence-electron chi connectivity index (χ1n) is 8.73. The van der Waals surface area contributed by atoms with Gasteiger partial charge in [0.1, 0.15) is 12.1 Å². The van der Waals surface area contributed by atoms with Crippen LogP contribution in [-0.2, 0) is 10.8 Å². The van der Waals surface area contributed by atoms with E-state index in [1.54, 1.807) is 6.07 Å². The fourth-order valence-corrected chi connectivity index (χ4v) is 6.10. The highest BCUT2D eigenvalue weighted by Crippen LogP contribution is 2.34. The summed E-state index contributed by atoms with van der Waals surface area (Å²) in [5.41, 5.74) is 1.09. The smallest absolute Gasteiger partial charge is 0.407 e. The van der Waals surface area contributed by atoms with Gasteiger partial charge in [-0.05, 0) is 17.7 Å². The first-order valence-corrected chi connectivity index (χ1v) is 12.1. The van der Waals surface area contributed by atoms with Gasteiger partial charge in [0.05, 0.1) is 8.07 Å². The maximum absolute atomic E-state index is 13.6. The quantitative estimate of drug-likeness (QED) is 0.630. The first-order chi connectivity index (χ1) is 12.6. The maximum Gasteiger partial charge on any atom is 0.407 e. The molecule has 146 valence electrons. The molecule has 1 unspecified atom stereocenters. The minimum atomic E-state index is -4.58. The van der Waals surface area contributed by atoms with E-state index in [9.17, 15) is 23.1 Å². The molecule has 0 radical (unpaired) electrons. The van der Waals surface area contributed by atoms with E-state index in [-0.39, 0.29) is 11.6 Å². The van der Waals surface area contributed by atoms with Gasteiger partial charge in [-0.15, -0.1) is 0 Å². The Kier molecular flexibility index (Phi) is 6.83. The topological polar surface area (TPSA) is 49.3 Å². The zero-order valence-corrected chi connectivity index (χ0v) is 16.3. The molecule has 0 spiro atoms. The van der Waals surface area contributed by atoms with E-state index in [0.29, 0.717) is 6.04 Å². The third-order valence-corrected chi connectivity index (χ3v) is 7.29. The Morgan fingerprint density at radius 1 is 1.04 bits per heavy atom. The van der Waals surface area contributed by atoms with Crippen molar-refractivity contribution in [2.45, 2.75) is 43.4 Å². The van der Waals surface area contributed by atoms with E-state index >= 15 is 0 Å². The molecule has 2 aromatic carbocycles. The Labute approximate surface area is 158 Å². The molecule has 3 nitrogen and oxygen atoms in total. The lowest BCUT2D eigenvalue weighted by Crippen LogP contribution is -2.49. The number of halogens is 3. The molecule has 0 aliphatic carbocycles. The Bertz CT molecular complexity index is 736. The lowest BCUT2D eigenvalue weighted by atomic mass is 10.1. The van der Waals surface area contributed by atoms with Crippen molar-refractivity contribution in [2.24, 2.45) is 0 Å². The third-order valence-electron chi connectivity index (χ3n) is 4.41. The number of hydrogen-bond donors (Lipinski definition) is 2. The minimum absolute atomic E-state index is 0.0128. The second kappa shape index (κ2) is 8.71. The Hall–Kier alpha value is -2.12. The van der Waals surface area contributed by atoms with Crippen LogP contribution >= 0.6 is 0 Å². The molecule has 0 saturated heterocycles.